The molecule has 0 bridgehead atoms. The highest BCUT2D eigenvalue weighted by Gasteiger charge is 2.25. The Balaban J connectivity index is 2.37. The van der Waals surface area contributed by atoms with E-state index < -0.39 is 6.04 Å². The summed E-state index contributed by atoms with van der Waals surface area (Å²) in [6, 6.07) is 13.6. The number of hydrogen-bond acceptors (Lipinski definition) is 3. The summed E-state index contributed by atoms with van der Waals surface area (Å²) in [4.78, 5) is 12.2. The predicted octanol–water partition coefficient (Wildman–Crippen LogP) is 3.92. The molecule has 3 aromatic rings. The summed E-state index contributed by atoms with van der Waals surface area (Å²) in [5.41, 5.74) is 1.96. The maximum absolute atomic E-state index is 12.2. The topological polar surface area (TPSA) is 40.5 Å². The molecule has 0 aliphatic heterocycles. The van der Waals surface area contributed by atoms with Crippen molar-refractivity contribution in [1.29, 1.82) is 0 Å². The fourth-order valence-corrected chi connectivity index (χ4v) is 3.20. The second-order valence-electron chi connectivity index (χ2n) is 5.04. The average Bonchev–Trinajstić information content (AvgIpc) is 2.85. The molecule has 0 amide bonds. The molecule has 1 atom stereocenters. The standard InChI is InChI=1S/C17H16BrNO3/c1-21-10-16(17(20)22-2)19-14-6-4-3-5-12(14)13-8-7-11(18)9-15(13)19/h3-9,16H,10H2,1-2H3. The van der Waals surface area contributed by atoms with Crippen LogP contribution in [0, 0.1) is 0 Å². The van der Waals surface area contributed by atoms with E-state index in [0.717, 1.165) is 26.3 Å². The van der Waals surface area contributed by atoms with Gasteiger partial charge < -0.3 is 14.0 Å². The van der Waals surface area contributed by atoms with Crippen LogP contribution in [-0.4, -0.2) is 31.4 Å². The number of ether oxygens (including phenoxy) is 2. The van der Waals surface area contributed by atoms with E-state index in [0.29, 0.717) is 0 Å². The first-order chi connectivity index (χ1) is 10.7. The molecule has 0 fully saturated rings. The number of esters is 1. The van der Waals surface area contributed by atoms with Gasteiger partial charge in [-0.1, -0.05) is 40.2 Å². The van der Waals surface area contributed by atoms with Crippen LogP contribution in [0.4, 0.5) is 0 Å². The fourth-order valence-electron chi connectivity index (χ4n) is 2.85. The van der Waals surface area contributed by atoms with Crippen molar-refractivity contribution in [3.63, 3.8) is 0 Å². The van der Waals surface area contributed by atoms with Gasteiger partial charge in [0.25, 0.3) is 0 Å². The second kappa shape index (κ2) is 6.10. The molecule has 1 heterocycles. The van der Waals surface area contributed by atoms with Crippen LogP contribution >= 0.6 is 15.9 Å². The Bertz CT molecular complexity index is 840. The first kappa shape index (κ1) is 15.1. The summed E-state index contributed by atoms with van der Waals surface area (Å²) in [5.74, 6) is -0.315. The Morgan fingerprint density at radius 2 is 1.86 bits per heavy atom. The molecule has 0 aliphatic carbocycles. The lowest BCUT2D eigenvalue weighted by molar-refractivity contribution is -0.146. The van der Waals surface area contributed by atoms with Crippen LogP contribution in [0.25, 0.3) is 21.8 Å². The van der Waals surface area contributed by atoms with Gasteiger partial charge in [0.05, 0.1) is 24.8 Å². The number of carbonyl (C=O) groups is 1. The van der Waals surface area contributed by atoms with E-state index in [1.54, 1.807) is 7.11 Å². The maximum Gasteiger partial charge on any atom is 0.331 e. The zero-order chi connectivity index (χ0) is 15.7. The maximum atomic E-state index is 12.2. The lowest BCUT2D eigenvalue weighted by Gasteiger charge is -2.18. The van der Waals surface area contributed by atoms with E-state index in [1.165, 1.54) is 7.11 Å². The van der Waals surface area contributed by atoms with Gasteiger partial charge in [0.2, 0.25) is 0 Å². The number of halogens is 1. The molecule has 1 unspecified atom stereocenters. The van der Waals surface area contributed by atoms with E-state index in [2.05, 4.69) is 28.1 Å². The highest BCUT2D eigenvalue weighted by Crippen LogP contribution is 2.33. The third-order valence-corrected chi connectivity index (χ3v) is 4.28. The van der Waals surface area contributed by atoms with Crippen molar-refractivity contribution < 1.29 is 14.3 Å². The summed E-state index contributed by atoms with van der Waals surface area (Å²) >= 11 is 3.51. The van der Waals surface area contributed by atoms with E-state index in [-0.39, 0.29) is 12.6 Å². The molecule has 0 N–H and O–H groups in total. The zero-order valence-corrected chi connectivity index (χ0v) is 14.0. The van der Waals surface area contributed by atoms with Crippen molar-refractivity contribution in [2.24, 2.45) is 0 Å². The quantitative estimate of drug-likeness (QED) is 0.661. The summed E-state index contributed by atoms with van der Waals surface area (Å²) in [7, 11) is 2.98. The zero-order valence-electron chi connectivity index (χ0n) is 12.4. The molecule has 0 aliphatic rings. The van der Waals surface area contributed by atoms with Gasteiger partial charge in [-0.05, 0) is 18.2 Å². The fraction of sp³-hybridized carbons (Fsp3) is 0.235. The van der Waals surface area contributed by atoms with Gasteiger partial charge in [0.1, 0.15) is 0 Å². The van der Waals surface area contributed by atoms with Gasteiger partial charge in [-0.15, -0.1) is 0 Å². The van der Waals surface area contributed by atoms with Crippen LogP contribution in [0.2, 0.25) is 0 Å². The SMILES string of the molecule is COCC(C(=O)OC)n1c2ccccc2c2ccc(Br)cc21. The Morgan fingerprint density at radius 1 is 1.14 bits per heavy atom. The van der Waals surface area contributed by atoms with Gasteiger partial charge >= 0.3 is 5.97 Å². The van der Waals surface area contributed by atoms with Gasteiger partial charge in [-0.2, -0.15) is 0 Å². The molecular weight excluding hydrogens is 346 g/mol. The van der Waals surface area contributed by atoms with Crippen LogP contribution in [0.15, 0.2) is 46.9 Å². The number of hydrogen-bond donors (Lipinski definition) is 0. The Labute approximate surface area is 136 Å². The van der Waals surface area contributed by atoms with Crippen LogP contribution < -0.4 is 0 Å². The number of para-hydroxylation sites is 1. The van der Waals surface area contributed by atoms with Crippen molar-refractivity contribution in [3.8, 4) is 0 Å². The minimum absolute atomic E-state index is 0.257. The minimum Gasteiger partial charge on any atom is -0.467 e. The van der Waals surface area contributed by atoms with E-state index >= 15 is 0 Å². The highest BCUT2D eigenvalue weighted by atomic mass is 79.9. The van der Waals surface area contributed by atoms with Crippen LogP contribution in [0.1, 0.15) is 6.04 Å². The summed E-state index contributed by atoms with van der Waals surface area (Å²) in [6.07, 6.45) is 0. The molecule has 2 aromatic carbocycles. The molecule has 5 heteroatoms. The molecule has 0 saturated carbocycles. The smallest absolute Gasteiger partial charge is 0.331 e. The number of fused-ring (bicyclic) bond motifs is 3. The number of methoxy groups -OCH3 is 2. The molecule has 0 radical (unpaired) electrons. The van der Waals surface area contributed by atoms with Gasteiger partial charge in [0.15, 0.2) is 6.04 Å². The van der Waals surface area contributed by atoms with Gasteiger partial charge in [-0.3, -0.25) is 0 Å². The summed E-state index contributed by atoms with van der Waals surface area (Å²) < 4.78 is 13.2. The second-order valence-corrected chi connectivity index (χ2v) is 5.96. The van der Waals surface area contributed by atoms with Crippen molar-refractivity contribution in [3.05, 3.63) is 46.9 Å². The molecular formula is C17H16BrNO3. The normalized spacial score (nSPS) is 12.7. The van der Waals surface area contributed by atoms with Crippen molar-refractivity contribution in [2.45, 2.75) is 6.04 Å². The summed E-state index contributed by atoms with van der Waals surface area (Å²) in [6.45, 7) is 0.257. The van der Waals surface area contributed by atoms with Crippen molar-refractivity contribution in [2.75, 3.05) is 20.8 Å². The molecule has 0 spiro atoms. The van der Waals surface area contributed by atoms with Crippen LogP contribution in [0.5, 0.6) is 0 Å². The van der Waals surface area contributed by atoms with Crippen LogP contribution in [-0.2, 0) is 14.3 Å². The lowest BCUT2D eigenvalue weighted by atomic mass is 10.2. The highest BCUT2D eigenvalue weighted by molar-refractivity contribution is 9.10. The number of rotatable bonds is 4. The minimum atomic E-state index is -0.522. The molecule has 3 rings (SSSR count). The number of nitrogens with zero attached hydrogens (tertiary/aromatic N) is 1. The Kier molecular flexibility index (Phi) is 4.18. The van der Waals surface area contributed by atoms with E-state index in [1.807, 2.05) is 34.9 Å². The lowest BCUT2D eigenvalue weighted by Crippen LogP contribution is -2.25. The third kappa shape index (κ3) is 2.40. The molecule has 114 valence electrons. The predicted molar refractivity (Wildman–Crippen MR) is 90.1 cm³/mol. The average molecular weight is 362 g/mol. The Hall–Kier alpha value is -1.85. The first-order valence-corrected chi connectivity index (χ1v) is 7.71. The van der Waals surface area contributed by atoms with Crippen molar-refractivity contribution in [1.82, 2.24) is 4.57 Å². The monoisotopic (exact) mass is 361 g/mol. The number of carbonyl (C=O) groups excluding carboxylic acids is 1. The molecule has 0 saturated heterocycles. The third-order valence-electron chi connectivity index (χ3n) is 3.78. The molecule has 4 nitrogen and oxygen atoms in total. The van der Waals surface area contributed by atoms with Gasteiger partial charge in [0, 0.05) is 22.4 Å². The number of aromatic nitrogens is 1. The molecule has 1 aromatic heterocycles. The largest absolute Gasteiger partial charge is 0.467 e. The number of benzene rings is 2. The van der Waals surface area contributed by atoms with Crippen LogP contribution in [0.3, 0.4) is 0 Å². The Morgan fingerprint density at radius 3 is 2.59 bits per heavy atom. The van der Waals surface area contributed by atoms with E-state index in [4.69, 9.17) is 9.47 Å². The van der Waals surface area contributed by atoms with Crippen molar-refractivity contribution >= 4 is 43.7 Å². The first-order valence-electron chi connectivity index (χ1n) is 6.92. The molecule has 22 heavy (non-hydrogen) atoms. The summed E-state index contributed by atoms with van der Waals surface area (Å²) in [5, 5.41) is 2.21. The van der Waals surface area contributed by atoms with Gasteiger partial charge in [-0.25, -0.2) is 4.79 Å². The van der Waals surface area contributed by atoms with E-state index in [9.17, 15) is 4.79 Å².